The van der Waals surface area contributed by atoms with Crippen LogP contribution in [-0.2, 0) is 16.1 Å². The van der Waals surface area contributed by atoms with E-state index in [0.717, 1.165) is 5.56 Å². The summed E-state index contributed by atoms with van der Waals surface area (Å²) in [4.78, 5) is 39.1. The molecule has 0 saturated heterocycles. The molecule has 1 aromatic heterocycles. The Balaban J connectivity index is 1.70. The third-order valence-corrected chi connectivity index (χ3v) is 3.79. The first kappa shape index (κ1) is 19.1. The van der Waals surface area contributed by atoms with E-state index in [1.807, 2.05) is 30.3 Å². The fourth-order valence-corrected chi connectivity index (χ4v) is 2.49. The number of anilines is 1. The second-order valence-corrected chi connectivity index (χ2v) is 5.86. The average molecular weight is 374 g/mol. The SMILES string of the molecule is C=CCNc1nc(C(=O)OCC(=O)NC(=O)NCc2ccccc2)cs1. The molecule has 0 aliphatic heterocycles. The quantitative estimate of drug-likeness (QED) is 0.481. The lowest BCUT2D eigenvalue weighted by Crippen LogP contribution is -2.41. The molecular weight excluding hydrogens is 356 g/mol. The highest BCUT2D eigenvalue weighted by atomic mass is 32.1. The summed E-state index contributed by atoms with van der Waals surface area (Å²) >= 11 is 1.23. The lowest BCUT2D eigenvalue weighted by Gasteiger charge is -2.07. The van der Waals surface area contributed by atoms with Crippen LogP contribution >= 0.6 is 11.3 Å². The van der Waals surface area contributed by atoms with Gasteiger partial charge in [0.2, 0.25) is 0 Å². The largest absolute Gasteiger partial charge is 0.451 e. The van der Waals surface area contributed by atoms with Crippen molar-refractivity contribution in [3.05, 3.63) is 59.6 Å². The molecule has 0 bridgehead atoms. The zero-order valence-corrected chi connectivity index (χ0v) is 14.7. The van der Waals surface area contributed by atoms with Gasteiger partial charge in [-0.15, -0.1) is 17.9 Å². The number of amides is 3. The van der Waals surface area contributed by atoms with Gasteiger partial charge in [-0.3, -0.25) is 10.1 Å². The highest BCUT2D eigenvalue weighted by Gasteiger charge is 2.15. The van der Waals surface area contributed by atoms with Crippen molar-refractivity contribution in [2.45, 2.75) is 6.54 Å². The number of hydrogen-bond acceptors (Lipinski definition) is 7. The van der Waals surface area contributed by atoms with E-state index in [4.69, 9.17) is 4.74 Å². The van der Waals surface area contributed by atoms with Gasteiger partial charge in [0.15, 0.2) is 17.4 Å². The number of thiazole rings is 1. The summed E-state index contributed by atoms with van der Waals surface area (Å²) in [5.41, 5.74) is 0.980. The van der Waals surface area contributed by atoms with Gasteiger partial charge in [0, 0.05) is 18.5 Å². The molecule has 0 fully saturated rings. The van der Waals surface area contributed by atoms with Gasteiger partial charge < -0.3 is 15.4 Å². The van der Waals surface area contributed by atoms with E-state index in [1.54, 1.807) is 6.08 Å². The first-order chi connectivity index (χ1) is 12.6. The minimum absolute atomic E-state index is 0.0860. The van der Waals surface area contributed by atoms with Crippen LogP contribution in [0.15, 0.2) is 48.4 Å². The Morgan fingerprint density at radius 2 is 2.00 bits per heavy atom. The van der Waals surface area contributed by atoms with Gasteiger partial charge in [0.1, 0.15) is 0 Å². The fraction of sp³-hybridized carbons (Fsp3) is 0.176. The summed E-state index contributed by atoms with van der Waals surface area (Å²) in [7, 11) is 0. The smallest absolute Gasteiger partial charge is 0.358 e. The monoisotopic (exact) mass is 374 g/mol. The number of imide groups is 1. The van der Waals surface area contributed by atoms with E-state index >= 15 is 0 Å². The Labute approximate surface area is 154 Å². The molecule has 2 aromatic rings. The number of ether oxygens (including phenoxy) is 1. The zero-order valence-electron chi connectivity index (χ0n) is 13.9. The third kappa shape index (κ3) is 6.36. The second-order valence-electron chi connectivity index (χ2n) is 5.00. The number of urea groups is 1. The molecule has 3 N–H and O–H groups in total. The summed E-state index contributed by atoms with van der Waals surface area (Å²) < 4.78 is 4.84. The minimum atomic E-state index is -0.743. The van der Waals surface area contributed by atoms with Gasteiger partial charge in [-0.1, -0.05) is 36.4 Å². The van der Waals surface area contributed by atoms with Crippen LogP contribution in [0.5, 0.6) is 0 Å². The van der Waals surface area contributed by atoms with Crippen LogP contribution in [0.1, 0.15) is 16.1 Å². The highest BCUT2D eigenvalue weighted by molar-refractivity contribution is 7.13. The number of nitrogens with one attached hydrogen (secondary N) is 3. The Morgan fingerprint density at radius 3 is 2.73 bits per heavy atom. The molecule has 3 amide bonds. The first-order valence-corrected chi connectivity index (χ1v) is 8.55. The van der Waals surface area contributed by atoms with Crippen molar-refractivity contribution in [1.29, 1.82) is 0 Å². The van der Waals surface area contributed by atoms with Crippen molar-refractivity contribution < 1.29 is 19.1 Å². The second kappa shape index (κ2) is 9.94. The van der Waals surface area contributed by atoms with E-state index in [9.17, 15) is 14.4 Å². The molecule has 0 saturated carbocycles. The summed E-state index contributed by atoms with van der Waals surface area (Å²) in [6, 6.07) is 8.57. The fourth-order valence-electron chi connectivity index (χ4n) is 1.80. The van der Waals surface area contributed by atoms with Crippen molar-refractivity contribution in [2.75, 3.05) is 18.5 Å². The molecule has 0 unspecified atom stereocenters. The van der Waals surface area contributed by atoms with Gasteiger partial charge in [-0.25, -0.2) is 14.6 Å². The number of esters is 1. The van der Waals surface area contributed by atoms with Crippen molar-refractivity contribution >= 4 is 34.4 Å². The van der Waals surface area contributed by atoms with E-state index in [0.29, 0.717) is 11.7 Å². The van der Waals surface area contributed by atoms with Crippen LogP contribution in [0.25, 0.3) is 0 Å². The van der Waals surface area contributed by atoms with E-state index in [1.165, 1.54) is 16.7 Å². The van der Waals surface area contributed by atoms with Gasteiger partial charge in [-0.2, -0.15) is 0 Å². The predicted octanol–water partition coefficient (Wildman–Crippen LogP) is 1.92. The average Bonchev–Trinajstić information content (AvgIpc) is 3.12. The molecule has 1 aromatic carbocycles. The van der Waals surface area contributed by atoms with Crippen molar-refractivity contribution in [3.8, 4) is 0 Å². The molecule has 136 valence electrons. The van der Waals surface area contributed by atoms with Crippen molar-refractivity contribution in [3.63, 3.8) is 0 Å². The molecule has 9 heteroatoms. The summed E-state index contributed by atoms with van der Waals surface area (Å²) in [5.74, 6) is -1.48. The Morgan fingerprint density at radius 1 is 1.23 bits per heavy atom. The number of hydrogen-bond donors (Lipinski definition) is 3. The van der Waals surface area contributed by atoms with Crippen LogP contribution in [0.2, 0.25) is 0 Å². The van der Waals surface area contributed by atoms with Crippen LogP contribution < -0.4 is 16.0 Å². The molecule has 8 nitrogen and oxygen atoms in total. The maximum atomic E-state index is 11.8. The molecule has 1 heterocycles. The number of carbonyl (C=O) groups excluding carboxylic acids is 3. The van der Waals surface area contributed by atoms with E-state index in [2.05, 4.69) is 27.5 Å². The van der Waals surface area contributed by atoms with Gasteiger partial charge in [0.25, 0.3) is 5.91 Å². The zero-order chi connectivity index (χ0) is 18.8. The molecule has 0 atom stereocenters. The summed E-state index contributed by atoms with van der Waals surface area (Å²) in [6.07, 6.45) is 1.66. The minimum Gasteiger partial charge on any atom is -0.451 e. The molecule has 0 aliphatic rings. The van der Waals surface area contributed by atoms with Crippen molar-refractivity contribution in [1.82, 2.24) is 15.6 Å². The number of aromatic nitrogens is 1. The Hall–Kier alpha value is -3.20. The molecule has 0 radical (unpaired) electrons. The predicted molar refractivity (Wildman–Crippen MR) is 97.9 cm³/mol. The highest BCUT2D eigenvalue weighted by Crippen LogP contribution is 2.15. The maximum absolute atomic E-state index is 11.8. The molecule has 0 aliphatic carbocycles. The first-order valence-electron chi connectivity index (χ1n) is 7.67. The maximum Gasteiger partial charge on any atom is 0.358 e. The van der Waals surface area contributed by atoms with Crippen LogP contribution in [-0.4, -0.2) is 36.0 Å². The normalized spacial score (nSPS) is 9.85. The summed E-state index contributed by atoms with van der Waals surface area (Å²) in [6.45, 7) is 3.78. The van der Waals surface area contributed by atoms with Gasteiger partial charge in [0.05, 0.1) is 0 Å². The van der Waals surface area contributed by atoms with Gasteiger partial charge >= 0.3 is 12.0 Å². The van der Waals surface area contributed by atoms with Crippen LogP contribution in [0, 0.1) is 0 Å². The topological polar surface area (TPSA) is 109 Å². The molecular formula is C17H18N4O4S. The lowest BCUT2D eigenvalue weighted by atomic mass is 10.2. The van der Waals surface area contributed by atoms with Gasteiger partial charge in [-0.05, 0) is 5.56 Å². The van der Waals surface area contributed by atoms with E-state index < -0.39 is 24.5 Å². The number of rotatable bonds is 8. The molecule has 2 rings (SSSR count). The summed E-state index contributed by atoms with van der Waals surface area (Å²) in [5, 5.41) is 9.61. The van der Waals surface area contributed by atoms with Crippen molar-refractivity contribution in [2.24, 2.45) is 0 Å². The number of carbonyl (C=O) groups is 3. The van der Waals surface area contributed by atoms with E-state index in [-0.39, 0.29) is 12.2 Å². The van der Waals surface area contributed by atoms with Crippen LogP contribution in [0.3, 0.4) is 0 Å². The Bertz CT molecular complexity index is 776. The number of nitrogens with zero attached hydrogens (tertiary/aromatic N) is 1. The Kier molecular flexibility index (Phi) is 7.31. The third-order valence-electron chi connectivity index (χ3n) is 2.99. The van der Waals surface area contributed by atoms with Crippen LogP contribution in [0.4, 0.5) is 9.93 Å². The molecule has 26 heavy (non-hydrogen) atoms. The lowest BCUT2D eigenvalue weighted by molar-refractivity contribution is -0.123. The standard InChI is InChI=1S/C17H18N4O4S/c1-2-8-18-17-20-13(11-26-17)15(23)25-10-14(22)21-16(24)19-9-12-6-4-3-5-7-12/h2-7,11H,1,8-10H2,(H,18,20)(H2,19,21,22,24). The molecule has 0 spiro atoms. The number of benzene rings is 1.